The second-order valence-corrected chi connectivity index (χ2v) is 11.6. The van der Waals surface area contributed by atoms with Gasteiger partial charge in [-0.15, -0.1) is 10.2 Å². The Hall–Kier alpha value is -4.41. The summed E-state index contributed by atoms with van der Waals surface area (Å²) in [6.45, 7) is 0.551. The number of carbonyl (C=O) groups excluding carboxylic acids is 2. The van der Waals surface area contributed by atoms with Crippen LogP contribution in [-0.2, 0) is 31.3 Å². The van der Waals surface area contributed by atoms with Gasteiger partial charge in [0.05, 0.1) is 35.7 Å². The topological polar surface area (TPSA) is 173 Å². The quantitative estimate of drug-likeness (QED) is 0.481. The molecule has 0 radical (unpaired) electrons. The van der Waals surface area contributed by atoms with Crippen LogP contribution in [0, 0.1) is 11.3 Å². The van der Waals surface area contributed by atoms with Crippen molar-refractivity contribution in [3.8, 4) is 17.5 Å². The second-order valence-electron chi connectivity index (χ2n) is 9.38. The lowest BCUT2D eigenvalue weighted by atomic mass is 9.80. The number of hydrogen-bond acceptors (Lipinski definition) is 10. The van der Waals surface area contributed by atoms with E-state index in [9.17, 15) is 23.3 Å². The lowest BCUT2D eigenvalue weighted by Crippen LogP contribution is -2.44. The highest BCUT2D eigenvalue weighted by atomic mass is 35.5. The third kappa shape index (κ3) is 4.87. The van der Waals surface area contributed by atoms with Crippen LogP contribution in [0.25, 0.3) is 11.5 Å². The number of amides is 2. The number of hydrogen-bond donors (Lipinski definition) is 1. The number of likely N-dealkylation sites (tertiary alicyclic amines) is 1. The molecule has 0 spiro atoms. The predicted octanol–water partition coefficient (Wildman–Crippen LogP) is 3.13. The number of rotatable bonds is 4. The first kappa shape index (κ1) is 27.2. The van der Waals surface area contributed by atoms with E-state index in [1.807, 2.05) is 0 Å². The summed E-state index contributed by atoms with van der Waals surface area (Å²) in [5.74, 6) is -0.581. The number of aromatic nitrogens is 2. The maximum Gasteiger partial charge on any atom is 0.409 e. The molecule has 2 aliphatic rings. The van der Waals surface area contributed by atoms with Crippen molar-refractivity contribution in [1.82, 2.24) is 15.1 Å². The van der Waals surface area contributed by atoms with Crippen molar-refractivity contribution in [2.75, 3.05) is 25.1 Å². The number of sulfone groups is 1. The number of carbonyl (C=O) groups is 2. The third-order valence-corrected chi connectivity index (χ3v) is 8.70. The van der Waals surface area contributed by atoms with Gasteiger partial charge in [-0.1, -0.05) is 23.7 Å². The first-order valence-electron chi connectivity index (χ1n) is 12.1. The largest absolute Gasteiger partial charge is 0.453 e. The molecule has 3 heterocycles. The van der Waals surface area contributed by atoms with E-state index in [1.165, 1.54) is 35.1 Å². The summed E-state index contributed by atoms with van der Waals surface area (Å²) in [7, 11) is -2.76. The Kier molecular flexibility index (Phi) is 6.99. The molecule has 2 amide bonds. The summed E-state index contributed by atoms with van der Waals surface area (Å²) < 4.78 is 36.8. The molecule has 206 valence electrons. The maximum absolute atomic E-state index is 13.2. The molecule has 0 aliphatic carbocycles. The summed E-state index contributed by atoms with van der Waals surface area (Å²) in [6.07, 6.45) is 0.0408. The number of anilines is 1. The molecular formula is C26H23ClN6O6S. The fourth-order valence-electron chi connectivity index (χ4n) is 4.68. The average Bonchev–Trinajstić information content (AvgIpc) is 3.44. The molecule has 3 aromatic rings. The van der Waals surface area contributed by atoms with Crippen molar-refractivity contribution in [3.63, 3.8) is 0 Å². The Bertz CT molecular complexity index is 1670. The van der Waals surface area contributed by atoms with Crippen LogP contribution in [-0.4, -0.2) is 55.7 Å². The number of benzene rings is 2. The third-order valence-electron chi connectivity index (χ3n) is 6.93. The smallest absolute Gasteiger partial charge is 0.409 e. The number of piperidine rings is 1. The van der Waals surface area contributed by atoms with E-state index in [-0.39, 0.29) is 54.8 Å². The van der Waals surface area contributed by atoms with Gasteiger partial charge in [-0.2, -0.15) is 5.26 Å². The summed E-state index contributed by atoms with van der Waals surface area (Å²) in [5.41, 5.74) is 5.43. The number of halogens is 1. The molecule has 1 saturated heterocycles. The van der Waals surface area contributed by atoms with Crippen molar-refractivity contribution in [1.29, 1.82) is 5.26 Å². The van der Waals surface area contributed by atoms with Crippen molar-refractivity contribution in [3.05, 3.63) is 70.0 Å². The van der Waals surface area contributed by atoms with E-state index in [0.717, 1.165) is 5.41 Å². The van der Waals surface area contributed by atoms with Gasteiger partial charge in [-0.3, -0.25) is 4.79 Å². The minimum Gasteiger partial charge on any atom is -0.453 e. The van der Waals surface area contributed by atoms with Crippen molar-refractivity contribution >= 4 is 39.1 Å². The van der Waals surface area contributed by atoms with Gasteiger partial charge in [0.2, 0.25) is 21.6 Å². The standard InChI is InChI=1S/C26H23ClN6O6S/c1-38-25(35)32-10-8-26(15-28,9-11-32)24-31-30-22(39-24)17-4-7-21-20(12-17)33(13-16-2-5-18(27)6-3-16)23(34)19(29)14-40(21,36)37/h2-7,12,14H,8-11,13,29H2,1H3. The van der Waals surface area contributed by atoms with Crippen LogP contribution in [0.4, 0.5) is 10.5 Å². The molecule has 2 aliphatic heterocycles. The highest BCUT2D eigenvalue weighted by Crippen LogP contribution is 2.38. The second kappa shape index (κ2) is 10.3. The number of nitrogens with two attached hydrogens (primary N) is 1. The number of nitriles is 1. The minimum atomic E-state index is -4.05. The van der Waals surface area contributed by atoms with E-state index in [1.54, 1.807) is 24.3 Å². The number of methoxy groups -OCH3 is 1. The summed E-state index contributed by atoms with van der Waals surface area (Å²) in [5, 5.41) is 19.5. The highest BCUT2D eigenvalue weighted by Gasteiger charge is 2.43. The minimum absolute atomic E-state index is 0.0137. The molecule has 40 heavy (non-hydrogen) atoms. The molecule has 0 atom stereocenters. The SMILES string of the molecule is COC(=O)N1CCC(C#N)(c2nnc(-c3ccc4c(c3)N(Cc3ccc(Cl)cc3)C(=O)C(N)=CS4(=O)=O)o2)CC1. The molecule has 2 aromatic carbocycles. The van der Waals surface area contributed by atoms with E-state index in [4.69, 9.17) is 26.5 Å². The first-order chi connectivity index (χ1) is 19.1. The monoisotopic (exact) mass is 582 g/mol. The number of nitrogens with zero attached hydrogens (tertiary/aromatic N) is 5. The zero-order valence-electron chi connectivity index (χ0n) is 21.2. The van der Waals surface area contributed by atoms with E-state index in [0.29, 0.717) is 16.1 Å². The van der Waals surface area contributed by atoms with Crippen molar-refractivity contribution < 1.29 is 27.2 Å². The van der Waals surface area contributed by atoms with E-state index >= 15 is 0 Å². The van der Waals surface area contributed by atoms with E-state index < -0.39 is 32.9 Å². The Morgan fingerprint density at radius 2 is 1.90 bits per heavy atom. The normalized spacial score (nSPS) is 17.8. The van der Waals surface area contributed by atoms with Crippen LogP contribution in [0.3, 0.4) is 0 Å². The molecule has 1 aromatic heterocycles. The van der Waals surface area contributed by atoms with Gasteiger partial charge in [0.25, 0.3) is 5.91 Å². The Morgan fingerprint density at radius 3 is 2.55 bits per heavy atom. The molecule has 12 nitrogen and oxygen atoms in total. The van der Waals surface area contributed by atoms with Gasteiger partial charge in [0.1, 0.15) is 11.1 Å². The number of ether oxygens (including phenoxy) is 1. The van der Waals surface area contributed by atoms with Gasteiger partial charge in [0, 0.05) is 23.7 Å². The molecule has 2 N–H and O–H groups in total. The van der Waals surface area contributed by atoms with Crippen molar-refractivity contribution in [2.45, 2.75) is 29.7 Å². The molecule has 5 rings (SSSR count). The summed E-state index contributed by atoms with van der Waals surface area (Å²) >= 11 is 5.99. The zero-order chi connectivity index (χ0) is 28.7. The Balaban J connectivity index is 1.52. The zero-order valence-corrected chi connectivity index (χ0v) is 22.8. The van der Waals surface area contributed by atoms with Gasteiger partial charge >= 0.3 is 6.09 Å². The van der Waals surface area contributed by atoms with Crippen molar-refractivity contribution in [2.24, 2.45) is 5.73 Å². The average molecular weight is 583 g/mol. The van der Waals surface area contributed by atoms with Crippen LogP contribution < -0.4 is 10.6 Å². The summed E-state index contributed by atoms with van der Waals surface area (Å²) in [6, 6.07) is 13.3. The number of fused-ring (bicyclic) bond motifs is 1. The first-order valence-corrected chi connectivity index (χ1v) is 14.0. The van der Waals surface area contributed by atoms with Crippen LogP contribution in [0.2, 0.25) is 5.02 Å². The van der Waals surface area contributed by atoms with Crippen LogP contribution in [0.15, 0.2) is 62.9 Å². The Labute approximate surface area is 234 Å². The van der Waals surface area contributed by atoms with Crippen LogP contribution >= 0.6 is 11.6 Å². The summed E-state index contributed by atoms with van der Waals surface area (Å²) in [4.78, 5) is 27.7. The molecule has 14 heteroatoms. The van der Waals surface area contributed by atoms with Gasteiger partial charge < -0.3 is 24.7 Å². The fourth-order valence-corrected chi connectivity index (χ4v) is 6.09. The molecule has 0 unspecified atom stereocenters. The Morgan fingerprint density at radius 1 is 1.20 bits per heavy atom. The highest BCUT2D eigenvalue weighted by molar-refractivity contribution is 7.94. The molecular weight excluding hydrogens is 560 g/mol. The molecule has 0 bridgehead atoms. The fraction of sp³-hybridized carbons (Fsp3) is 0.269. The lowest BCUT2D eigenvalue weighted by Gasteiger charge is -2.34. The van der Waals surface area contributed by atoms with Crippen LogP contribution in [0.1, 0.15) is 24.3 Å². The predicted molar refractivity (Wildman–Crippen MR) is 142 cm³/mol. The lowest BCUT2D eigenvalue weighted by molar-refractivity contribution is -0.115. The molecule has 0 saturated carbocycles. The van der Waals surface area contributed by atoms with Crippen LogP contribution in [0.5, 0.6) is 0 Å². The maximum atomic E-state index is 13.2. The van der Waals surface area contributed by atoms with Gasteiger partial charge in [-0.05, 0) is 48.7 Å². The molecule has 1 fully saturated rings. The van der Waals surface area contributed by atoms with Gasteiger partial charge in [0.15, 0.2) is 0 Å². The van der Waals surface area contributed by atoms with E-state index in [2.05, 4.69) is 16.3 Å². The van der Waals surface area contributed by atoms with Gasteiger partial charge in [-0.25, -0.2) is 13.2 Å².